The van der Waals surface area contributed by atoms with Crippen LogP contribution in [0.4, 0.5) is 5.82 Å². The highest BCUT2D eigenvalue weighted by molar-refractivity contribution is 7.89. The second kappa shape index (κ2) is 6.93. The van der Waals surface area contributed by atoms with Crippen LogP contribution in [0.25, 0.3) is 0 Å². The molecule has 0 unspecified atom stereocenters. The van der Waals surface area contributed by atoms with Crippen molar-refractivity contribution in [1.82, 2.24) is 9.29 Å². The van der Waals surface area contributed by atoms with Crippen LogP contribution in [-0.4, -0.2) is 57.1 Å². The lowest BCUT2D eigenvalue weighted by molar-refractivity contribution is 0.0730. The van der Waals surface area contributed by atoms with Gasteiger partial charge in [0, 0.05) is 32.4 Å². The minimum Gasteiger partial charge on any atom is -0.379 e. The van der Waals surface area contributed by atoms with Gasteiger partial charge in [-0.3, -0.25) is 0 Å². The lowest BCUT2D eigenvalue weighted by atomic mass is 10.2. The molecule has 122 valence electrons. The van der Waals surface area contributed by atoms with E-state index in [0.717, 1.165) is 18.9 Å². The highest BCUT2D eigenvalue weighted by Crippen LogP contribution is 2.21. The van der Waals surface area contributed by atoms with Crippen molar-refractivity contribution in [3.05, 3.63) is 18.3 Å². The first kappa shape index (κ1) is 15.7. The molecular weight excluding hydrogens is 302 g/mol. The van der Waals surface area contributed by atoms with Gasteiger partial charge in [0.05, 0.1) is 13.2 Å². The van der Waals surface area contributed by atoms with Gasteiger partial charge in [0.1, 0.15) is 10.7 Å². The van der Waals surface area contributed by atoms with Crippen LogP contribution in [0.1, 0.15) is 25.7 Å². The van der Waals surface area contributed by atoms with Crippen LogP contribution in [0.2, 0.25) is 0 Å². The average molecular weight is 325 g/mol. The van der Waals surface area contributed by atoms with Crippen LogP contribution in [0.5, 0.6) is 0 Å². The summed E-state index contributed by atoms with van der Waals surface area (Å²) in [5, 5.41) is 0. The topological polar surface area (TPSA) is 62.7 Å². The van der Waals surface area contributed by atoms with E-state index in [2.05, 4.69) is 9.88 Å². The average Bonchev–Trinajstić information content (AvgIpc) is 2.85. The van der Waals surface area contributed by atoms with Gasteiger partial charge in [0.2, 0.25) is 10.0 Å². The molecule has 0 radical (unpaired) electrons. The van der Waals surface area contributed by atoms with Crippen LogP contribution >= 0.6 is 0 Å². The summed E-state index contributed by atoms with van der Waals surface area (Å²) < 4.78 is 31.8. The van der Waals surface area contributed by atoms with Gasteiger partial charge < -0.3 is 9.64 Å². The zero-order chi connectivity index (χ0) is 15.4. The summed E-state index contributed by atoms with van der Waals surface area (Å²) >= 11 is 0. The number of sulfonamides is 1. The molecule has 3 heterocycles. The standard InChI is InChI=1S/C15H23N3O3S/c19-22(20,18-9-11-21-12-10-18)14-5-6-15(16-13-14)17-7-3-1-2-4-8-17/h5-6,13H,1-4,7-12H2. The van der Waals surface area contributed by atoms with E-state index in [0.29, 0.717) is 26.3 Å². The normalized spacial score (nSPS) is 21.5. The number of ether oxygens (including phenoxy) is 1. The summed E-state index contributed by atoms with van der Waals surface area (Å²) in [6.45, 7) is 3.74. The molecule has 0 amide bonds. The van der Waals surface area contributed by atoms with Crippen LogP contribution in [0.3, 0.4) is 0 Å². The summed E-state index contributed by atoms with van der Waals surface area (Å²) in [6.07, 6.45) is 6.37. The van der Waals surface area contributed by atoms with E-state index in [-0.39, 0.29) is 4.90 Å². The third-order valence-corrected chi connectivity index (χ3v) is 6.14. The van der Waals surface area contributed by atoms with Gasteiger partial charge in [-0.05, 0) is 25.0 Å². The lowest BCUT2D eigenvalue weighted by Crippen LogP contribution is -2.40. The van der Waals surface area contributed by atoms with Crippen molar-refractivity contribution < 1.29 is 13.2 Å². The Balaban J connectivity index is 1.75. The predicted octanol–water partition coefficient (Wildman–Crippen LogP) is 1.48. The Morgan fingerprint density at radius 3 is 2.23 bits per heavy atom. The molecule has 22 heavy (non-hydrogen) atoms. The van der Waals surface area contributed by atoms with Crippen LogP contribution in [0.15, 0.2) is 23.2 Å². The summed E-state index contributed by atoms with van der Waals surface area (Å²) in [6, 6.07) is 3.51. The molecule has 2 fully saturated rings. The van der Waals surface area contributed by atoms with Gasteiger partial charge in [-0.1, -0.05) is 12.8 Å². The first-order valence-corrected chi connectivity index (χ1v) is 9.41. The maximum absolute atomic E-state index is 12.5. The quantitative estimate of drug-likeness (QED) is 0.842. The smallest absolute Gasteiger partial charge is 0.244 e. The van der Waals surface area contributed by atoms with Crippen LogP contribution in [-0.2, 0) is 14.8 Å². The van der Waals surface area contributed by atoms with Crippen LogP contribution in [0, 0.1) is 0 Å². The fourth-order valence-electron chi connectivity index (χ4n) is 2.95. The first-order valence-electron chi connectivity index (χ1n) is 7.97. The van der Waals surface area contributed by atoms with Gasteiger partial charge in [0.15, 0.2) is 0 Å². The minimum atomic E-state index is -3.44. The minimum absolute atomic E-state index is 0.271. The molecule has 2 aliphatic rings. The van der Waals surface area contributed by atoms with E-state index in [9.17, 15) is 8.42 Å². The van der Waals surface area contributed by atoms with Gasteiger partial charge >= 0.3 is 0 Å². The number of aromatic nitrogens is 1. The number of hydrogen-bond donors (Lipinski definition) is 0. The molecule has 0 spiro atoms. The summed E-state index contributed by atoms with van der Waals surface area (Å²) in [7, 11) is -3.44. The Kier molecular flexibility index (Phi) is 4.95. The van der Waals surface area contributed by atoms with Crippen molar-refractivity contribution >= 4 is 15.8 Å². The summed E-state index contributed by atoms with van der Waals surface area (Å²) in [5.41, 5.74) is 0. The molecule has 3 rings (SSSR count). The maximum atomic E-state index is 12.5. The van der Waals surface area contributed by atoms with E-state index in [4.69, 9.17) is 4.74 Å². The number of pyridine rings is 1. The number of nitrogens with zero attached hydrogens (tertiary/aromatic N) is 3. The third-order valence-electron chi connectivity index (χ3n) is 4.26. The monoisotopic (exact) mass is 325 g/mol. The highest BCUT2D eigenvalue weighted by atomic mass is 32.2. The first-order chi connectivity index (χ1) is 10.7. The van der Waals surface area contributed by atoms with E-state index < -0.39 is 10.0 Å². The van der Waals surface area contributed by atoms with Gasteiger partial charge in [-0.15, -0.1) is 0 Å². The van der Waals surface area contributed by atoms with Crippen molar-refractivity contribution in [2.24, 2.45) is 0 Å². The molecule has 0 aliphatic carbocycles. The van der Waals surface area contributed by atoms with E-state index in [1.807, 2.05) is 6.07 Å². The Hall–Kier alpha value is -1.18. The highest BCUT2D eigenvalue weighted by Gasteiger charge is 2.26. The third kappa shape index (κ3) is 3.42. The fraction of sp³-hybridized carbons (Fsp3) is 0.667. The van der Waals surface area contributed by atoms with Crippen molar-refractivity contribution in [3.63, 3.8) is 0 Å². The molecule has 0 saturated carbocycles. The molecule has 0 atom stereocenters. The Morgan fingerprint density at radius 2 is 1.64 bits per heavy atom. The fourth-order valence-corrected chi connectivity index (χ4v) is 4.30. The Morgan fingerprint density at radius 1 is 0.955 bits per heavy atom. The molecule has 1 aromatic heterocycles. The largest absolute Gasteiger partial charge is 0.379 e. The molecule has 0 bridgehead atoms. The van der Waals surface area contributed by atoms with Crippen molar-refractivity contribution in [2.75, 3.05) is 44.3 Å². The number of rotatable bonds is 3. The maximum Gasteiger partial charge on any atom is 0.244 e. The number of anilines is 1. The second-order valence-electron chi connectivity index (χ2n) is 5.77. The summed E-state index contributed by atoms with van der Waals surface area (Å²) in [5.74, 6) is 0.878. The SMILES string of the molecule is O=S(=O)(c1ccc(N2CCCCCC2)nc1)N1CCOCC1. The molecule has 2 aliphatic heterocycles. The molecular formula is C15H23N3O3S. The molecule has 1 aromatic rings. The van der Waals surface area contributed by atoms with Gasteiger partial charge in [-0.2, -0.15) is 4.31 Å². The van der Waals surface area contributed by atoms with Gasteiger partial charge in [0.25, 0.3) is 0 Å². The zero-order valence-electron chi connectivity index (χ0n) is 12.8. The Labute approximate surface area is 132 Å². The zero-order valence-corrected chi connectivity index (χ0v) is 13.6. The summed E-state index contributed by atoms with van der Waals surface area (Å²) in [4.78, 5) is 6.91. The second-order valence-corrected chi connectivity index (χ2v) is 7.71. The number of morpholine rings is 1. The van der Waals surface area contributed by atoms with Crippen molar-refractivity contribution in [1.29, 1.82) is 0 Å². The van der Waals surface area contributed by atoms with Crippen molar-refractivity contribution in [2.45, 2.75) is 30.6 Å². The van der Waals surface area contributed by atoms with E-state index in [1.54, 1.807) is 6.07 Å². The molecule has 6 nitrogen and oxygen atoms in total. The van der Waals surface area contributed by atoms with Crippen molar-refractivity contribution in [3.8, 4) is 0 Å². The Bertz CT molecular complexity index is 575. The molecule has 7 heteroatoms. The molecule has 2 saturated heterocycles. The van der Waals surface area contributed by atoms with Gasteiger partial charge in [-0.25, -0.2) is 13.4 Å². The van der Waals surface area contributed by atoms with E-state index in [1.165, 1.54) is 36.2 Å². The predicted molar refractivity (Wildman–Crippen MR) is 84.5 cm³/mol. The molecule has 0 aromatic carbocycles. The van der Waals surface area contributed by atoms with Crippen LogP contribution < -0.4 is 4.90 Å². The lowest BCUT2D eigenvalue weighted by Gasteiger charge is -2.26. The molecule has 0 N–H and O–H groups in total. The van der Waals surface area contributed by atoms with E-state index >= 15 is 0 Å². The number of hydrogen-bond acceptors (Lipinski definition) is 5.